The maximum absolute atomic E-state index is 13.0. The molecular formula is C23H16FNO4. The van der Waals surface area contributed by atoms with Gasteiger partial charge in [-0.1, -0.05) is 0 Å². The summed E-state index contributed by atoms with van der Waals surface area (Å²) in [6.45, 7) is 1.55. The van der Waals surface area contributed by atoms with E-state index in [4.69, 9.17) is 14.7 Å². The maximum Gasteiger partial charge on any atom is 0.352 e. The Morgan fingerprint density at radius 2 is 1.38 bits per heavy atom. The molecule has 1 atom stereocenters. The van der Waals surface area contributed by atoms with Gasteiger partial charge in [0.2, 0.25) is 0 Å². The molecule has 29 heavy (non-hydrogen) atoms. The SMILES string of the molecule is C[C@H](Oc1ccc(C#N)cc1)C(=O)Oc1ccc(C(=O)c2ccc(F)cc2)cc1. The number of halogens is 1. The van der Waals surface area contributed by atoms with Crippen LogP contribution in [0.3, 0.4) is 0 Å². The molecule has 0 aliphatic carbocycles. The number of hydrogen-bond donors (Lipinski definition) is 0. The minimum atomic E-state index is -0.872. The van der Waals surface area contributed by atoms with E-state index in [1.807, 2.05) is 6.07 Å². The molecule has 0 saturated heterocycles. The Hall–Kier alpha value is -3.98. The van der Waals surface area contributed by atoms with Gasteiger partial charge in [0.1, 0.15) is 17.3 Å². The lowest BCUT2D eigenvalue weighted by Crippen LogP contribution is -2.28. The molecule has 0 saturated carbocycles. The third-order valence-electron chi connectivity index (χ3n) is 4.07. The van der Waals surface area contributed by atoms with E-state index < -0.39 is 17.9 Å². The Morgan fingerprint density at radius 1 is 0.862 bits per heavy atom. The highest BCUT2D eigenvalue weighted by atomic mass is 19.1. The molecule has 3 aromatic rings. The molecule has 0 bridgehead atoms. The third-order valence-corrected chi connectivity index (χ3v) is 4.07. The third kappa shape index (κ3) is 5.05. The van der Waals surface area contributed by atoms with Crippen LogP contribution in [0, 0.1) is 17.1 Å². The summed E-state index contributed by atoms with van der Waals surface area (Å²) in [5, 5.41) is 8.79. The van der Waals surface area contributed by atoms with Gasteiger partial charge in [-0.25, -0.2) is 9.18 Å². The number of nitrogens with zero attached hydrogens (tertiary/aromatic N) is 1. The van der Waals surface area contributed by atoms with E-state index in [-0.39, 0.29) is 11.5 Å². The van der Waals surface area contributed by atoms with Crippen LogP contribution in [0.5, 0.6) is 11.5 Å². The molecule has 0 fully saturated rings. The molecule has 144 valence electrons. The van der Waals surface area contributed by atoms with Gasteiger partial charge in [0.05, 0.1) is 11.6 Å². The Balaban J connectivity index is 1.60. The summed E-state index contributed by atoms with van der Waals surface area (Å²) < 4.78 is 23.8. The fourth-order valence-electron chi connectivity index (χ4n) is 2.50. The van der Waals surface area contributed by atoms with Crippen LogP contribution in [0.2, 0.25) is 0 Å². The molecule has 0 spiro atoms. The Kier molecular flexibility index (Phi) is 6.00. The molecule has 0 radical (unpaired) electrons. The van der Waals surface area contributed by atoms with Gasteiger partial charge in [-0.05, 0) is 79.7 Å². The second kappa shape index (κ2) is 8.81. The predicted molar refractivity (Wildman–Crippen MR) is 103 cm³/mol. The van der Waals surface area contributed by atoms with E-state index >= 15 is 0 Å². The fraction of sp³-hybridized carbons (Fsp3) is 0.0870. The first-order valence-corrected chi connectivity index (χ1v) is 8.75. The Morgan fingerprint density at radius 3 is 1.93 bits per heavy atom. The van der Waals surface area contributed by atoms with Crippen LogP contribution in [-0.4, -0.2) is 17.9 Å². The van der Waals surface area contributed by atoms with E-state index in [9.17, 15) is 14.0 Å². The molecule has 3 rings (SSSR count). The summed E-state index contributed by atoms with van der Waals surface area (Å²) in [4.78, 5) is 24.6. The molecule has 0 aromatic heterocycles. The number of ether oxygens (including phenoxy) is 2. The van der Waals surface area contributed by atoms with Crippen molar-refractivity contribution in [1.82, 2.24) is 0 Å². The molecule has 3 aromatic carbocycles. The smallest absolute Gasteiger partial charge is 0.352 e. The van der Waals surface area contributed by atoms with Gasteiger partial charge in [0, 0.05) is 11.1 Å². The number of esters is 1. The van der Waals surface area contributed by atoms with Crippen molar-refractivity contribution in [1.29, 1.82) is 5.26 Å². The monoisotopic (exact) mass is 389 g/mol. The molecule has 0 aliphatic heterocycles. The van der Waals surface area contributed by atoms with E-state index in [1.165, 1.54) is 48.5 Å². The van der Waals surface area contributed by atoms with Crippen LogP contribution in [0.15, 0.2) is 72.8 Å². The number of carbonyl (C=O) groups excluding carboxylic acids is 2. The normalized spacial score (nSPS) is 11.2. The van der Waals surface area contributed by atoms with Crippen molar-refractivity contribution in [2.45, 2.75) is 13.0 Å². The summed E-state index contributed by atoms with van der Waals surface area (Å²) in [6, 6.07) is 19.7. The number of hydrogen-bond acceptors (Lipinski definition) is 5. The number of benzene rings is 3. The van der Waals surface area contributed by atoms with Crippen molar-refractivity contribution < 1.29 is 23.5 Å². The van der Waals surface area contributed by atoms with E-state index in [2.05, 4.69) is 0 Å². The second-order valence-electron chi connectivity index (χ2n) is 6.18. The van der Waals surface area contributed by atoms with Crippen molar-refractivity contribution in [3.05, 3.63) is 95.3 Å². The van der Waals surface area contributed by atoms with Gasteiger partial charge in [-0.2, -0.15) is 5.26 Å². The average molecular weight is 389 g/mol. The highest BCUT2D eigenvalue weighted by Gasteiger charge is 2.18. The fourth-order valence-corrected chi connectivity index (χ4v) is 2.50. The van der Waals surface area contributed by atoms with Gasteiger partial charge in [-0.3, -0.25) is 4.79 Å². The lowest BCUT2D eigenvalue weighted by atomic mass is 10.0. The van der Waals surface area contributed by atoms with Gasteiger partial charge in [-0.15, -0.1) is 0 Å². The van der Waals surface area contributed by atoms with Gasteiger partial charge in [0.25, 0.3) is 0 Å². The Labute approximate surface area is 166 Å². The zero-order valence-electron chi connectivity index (χ0n) is 15.5. The molecule has 6 heteroatoms. The van der Waals surface area contributed by atoms with Crippen LogP contribution in [0.25, 0.3) is 0 Å². The minimum absolute atomic E-state index is 0.264. The lowest BCUT2D eigenvalue weighted by Gasteiger charge is -2.14. The molecule has 5 nitrogen and oxygen atoms in total. The number of ketones is 1. The number of carbonyl (C=O) groups is 2. The van der Waals surface area contributed by atoms with E-state index in [0.29, 0.717) is 22.4 Å². The molecule has 0 N–H and O–H groups in total. The van der Waals surface area contributed by atoms with E-state index in [1.54, 1.807) is 31.2 Å². The van der Waals surface area contributed by atoms with Crippen molar-refractivity contribution in [2.75, 3.05) is 0 Å². The average Bonchev–Trinajstić information content (AvgIpc) is 2.75. The first-order chi connectivity index (χ1) is 14.0. The molecule has 0 aliphatic rings. The first kappa shape index (κ1) is 19.8. The highest BCUT2D eigenvalue weighted by molar-refractivity contribution is 6.09. The van der Waals surface area contributed by atoms with Crippen molar-refractivity contribution in [3.63, 3.8) is 0 Å². The van der Waals surface area contributed by atoms with Gasteiger partial charge < -0.3 is 9.47 Å². The maximum atomic E-state index is 13.0. The van der Waals surface area contributed by atoms with Crippen LogP contribution in [-0.2, 0) is 4.79 Å². The molecule has 0 unspecified atom stereocenters. The van der Waals surface area contributed by atoms with Crippen molar-refractivity contribution in [2.24, 2.45) is 0 Å². The lowest BCUT2D eigenvalue weighted by molar-refractivity contribution is -0.141. The standard InChI is InChI=1S/C23H16FNO4/c1-15(28-20-10-2-16(14-25)3-11-20)23(27)29-21-12-6-18(7-13-21)22(26)17-4-8-19(24)9-5-17/h2-13,15H,1H3/t15-/m0/s1. The largest absolute Gasteiger partial charge is 0.479 e. The van der Waals surface area contributed by atoms with Gasteiger partial charge >= 0.3 is 5.97 Å². The van der Waals surface area contributed by atoms with Crippen molar-refractivity contribution >= 4 is 11.8 Å². The summed E-state index contributed by atoms with van der Waals surface area (Å²) in [5.74, 6) is -0.580. The van der Waals surface area contributed by atoms with Crippen LogP contribution in [0.1, 0.15) is 28.4 Å². The summed E-state index contributed by atoms with van der Waals surface area (Å²) in [7, 11) is 0. The summed E-state index contributed by atoms with van der Waals surface area (Å²) in [5.41, 5.74) is 1.24. The molecule has 0 amide bonds. The molecular weight excluding hydrogens is 373 g/mol. The van der Waals surface area contributed by atoms with E-state index in [0.717, 1.165) is 0 Å². The number of rotatable bonds is 6. The highest BCUT2D eigenvalue weighted by Crippen LogP contribution is 2.18. The van der Waals surface area contributed by atoms with Crippen LogP contribution < -0.4 is 9.47 Å². The molecule has 0 heterocycles. The van der Waals surface area contributed by atoms with Crippen molar-refractivity contribution in [3.8, 4) is 17.6 Å². The minimum Gasteiger partial charge on any atom is -0.479 e. The second-order valence-corrected chi connectivity index (χ2v) is 6.18. The zero-order chi connectivity index (χ0) is 20.8. The van der Waals surface area contributed by atoms with Crippen LogP contribution >= 0.6 is 0 Å². The summed E-state index contributed by atoms with van der Waals surface area (Å²) >= 11 is 0. The van der Waals surface area contributed by atoms with Gasteiger partial charge in [0.15, 0.2) is 11.9 Å². The van der Waals surface area contributed by atoms with Crippen LogP contribution in [0.4, 0.5) is 4.39 Å². The Bertz CT molecular complexity index is 1050. The zero-order valence-corrected chi connectivity index (χ0v) is 15.5. The quantitative estimate of drug-likeness (QED) is 0.357. The number of nitriles is 1. The topological polar surface area (TPSA) is 76.4 Å². The first-order valence-electron chi connectivity index (χ1n) is 8.75. The summed E-state index contributed by atoms with van der Waals surface area (Å²) in [6.07, 6.45) is -0.872. The predicted octanol–water partition coefficient (Wildman–Crippen LogP) is 4.30.